The molecule has 4 aromatic rings. The molecule has 1 aromatic heterocycles. The van der Waals surface area contributed by atoms with Crippen molar-refractivity contribution in [3.8, 4) is 11.5 Å². The van der Waals surface area contributed by atoms with Crippen molar-refractivity contribution in [3.05, 3.63) is 98.0 Å². The largest absolute Gasteiger partial charge is 0.493 e. The number of carbonyl (C=O) groups is 5. The van der Waals surface area contributed by atoms with Gasteiger partial charge in [0, 0.05) is 16.5 Å². The summed E-state index contributed by atoms with van der Waals surface area (Å²) in [6.45, 7) is 3.51. The van der Waals surface area contributed by atoms with Gasteiger partial charge >= 0.3 is 16.8 Å². The molecular weight excluding hydrogens is 687 g/mol. The second-order valence-electron chi connectivity index (χ2n) is 11.1. The number of fused-ring (bicyclic) bond motifs is 2. The lowest BCUT2D eigenvalue weighted by Crippen LogP contribution is -2.32. The van der Waals surface area contributed by atoms with Crippen LogP contribution in [0.15, 0.2) is 76.6 Å². The van der Waals surface area contributed by atoms with Gasteiger partial charge in [-0.2, -0.15) is 0 Å². The van der Waals surface area contributed by atoms with E-state index in [4.69, 9.17) is 18.9 Å². The van der Waals surface area contributed by atoms with Gasteiger partial charge in [0.2, 0.25) is 11.8 Å². The standard InChI is InChI=1S/C35H31N3O10S2/c1-4-46-33(42)18-6-11-21(12-7-18)36-25(39)17-48-23-15-10-20(16-24(23)45-3)26-27-29(49-30-28(26)50-35(44)37-30)32(41)38(31(27)40)22-13-8-19(9-14-22)34(43)47-5-2/h6-16,26-27,29H,4-5,17H2,1-3H3,(H,36,39)(H,37,44). The maximum Gasteiger partial charge on any atom is 0.338 e. The van der Waals surface area contributed by atoms with E-state index < -0.39 is 46.7 Å². The number of aromatic nitrogens is 1. The third-order valence-electron chi connectivity index (χ3n) is 8.05. The molecule has 1 saturated heterocycles. The molecule has 2 aliphatic heterocycles. The number of benzene rings is 3. The lowest BCUT2D eigenvalue weighted by Gasteiger charge is -2.30. The van der Waals surface area contributed by atoms with E-state index in [1.165, 1.54) is 31.4 Å². The minimum atomic E-state index is -0.853. The van der Waals surface area contributed by atoms with Crippen LogP contribution in [0.3, 0.4) is 0 Å². The first-order valence-corrected chi connectivity index (χ1v) is 17.3. The van der Waals surface area contributed by atoms with Gasteiger partial charge < -0.3 is 29.2 Å². The van der Waals surface area contributed by atoms with Gasteiger partial charge in [-0.3, -0.25) is 19.2 Å². The second-order valence-corrected chi connectivity index (χ2v) is 13.2. The van der Waals surface area contributed by atoms with Crippen LogP contribution < -0.4 is 24.6 Å². The number of nitrogens with one attached hydrogen (secondary N) is 2. The average molecular weight is 718 g/mol. The SMILES string of the molecule is CCOC(=O)c1ccc(NC(=O)COc2ccc(C3c4sc(=O)[nH]c4SC4C(=O)N(c5ccc(C(=O)OCC)cc5)C(=O)C43)cc2OC)cc1. The Labute approximate surface area is 293 Å². The van der Waals surface area contributed by atoms with E-state index in [0.29, 0.717) is 32.4 Å². The van der Waals surface area contributed by atoms with Gasteiger partial charge in [-0.05, 0) is 80.1 Å². The molecule has 3 unspecified atom stereocenters. The van der Waals surface area contributed by atoms with Gasteiger partial charge in [0.25, 0.3) is 5.91 Å². The number of hydrogen-bond donors (Lipinski definition) is 2. The topological polar surface area (TPSA) is 170 Å². The molecule has 2 aliphatic rings. The van der Waals surface area contributed by atoms with Crippen molar-refractivity contribution in [1.82, 2.24) is 4.98 Å². The number of carbonyl (C=O) groups excluding carboxylic acids is 5. The van der Waals surface area contributed by atoms with Crippen LogP contribution in [0.25, 0.3) is 0 Å². The third-order valence-corrected chi connectivity index (χ3v) is 10.4. The van der Waals surface area contributed by atoms with Crippen molar-refractivity contribution in [2.24, 2.45) is 5.92 Å². The summed E-state index contributed by atoms with van der Waals surface area (Å²) < 4.78 is 21.4. The molecule has 15 heteroatoms. The number of nitrogens with zero attached hydrogens (tertiary/aromatic N) is 1. The van der Waals surface area contributed by atoms with Crippen LogP contribution in [0.2, 0.25) is 0 Å². The number of anilines is 2. The fourth-order valence-electron chi connectivity index (χ4n) is 5.83. The molecule has 0 radical (unpaired) electrons. The van der Waals surface area contributed by atoms with E-state index in [1.54, 1.807) is 56.3 Å². The molecule has 258 valence electrons. The lowest BCUT2D eigenvalue weighted by atomic mass is 9.83. The fraction of sp³-hybridized carbons (Fsp3) is 0.257. The molecule has 13 nitrogen and oxygen atoms in total. The summed E-state index contributed by atoms with van der Waals surface area (Å²) in [5, 5.41) is 2.39. The number of hydrogen-bond acceptors (Lipinski definition) is 12. The highest BCUT2D eigenvalue weighted by molar-refractivity contribution is 8.00. The third kappa shape index (κ3) is 6.73. The van der Waals surface area contributed by atoms with Gasteiger partial charge in [0.15, 0.2) is 18.1 Å². The number of amides is 3. The van der Waals surface area contributed by atoms with Crippen LogP contribution in [-0.4, -0.2) is 66.8 Å². The number of imide groups is 1. The Hall–Kier alpha value is -5.41. The number of thioether (sulfide) groups is 1. The number of esters is 2. The Morgan fingerprint density at radius 2 is 1.48 bits per heavy atom. The molecule has 0 bridgehead atoms. The number of H-pyrrole nitrogens is 1. The molecule has 3 heterocycles. The van der Waals surface area contributed by atoms with E-state index in [-0.39, 0.29) is 41.8 Å². The molecule has 0 aliphatic carbocycles. The Morgan fingerprint density at radius 3 is 2.10 bits per heavy atom. The van der Waals surface area contributed by atoms with Crippen molar-refractivity contribution in [2.45, 2.75) is 30.0 Å². The maximum absolute atomic E-state index is 14.1. The van der Waals surface area contributed by atoms with Gasteiger partial charge in [-0.1, -0.05) is 29.2 Å². The zero-order valence-corrected chi connectivity index (χ0v) is 28.7. The average Bonchev–Trinajstić information content (AvgIpc) is 3.61. The zero-order chi connectivity index (χ0) is 35.5. The van der Waals surface area contributed by atoms with Gasteiger partial charge in [-0.25, -0.2) is 14.5 Å². The minimum absolute atomic E-state index is 0.209. The van der Waals surface area contributed by atoms with Crippen LogP contribution in [-0.2, 0) is 23.9 Å². The number of rotatable bonds is 11. The Morgan fingerprint density at radius 1 is 0.840 bits per heavy atom. The van der Waals surface area contributed by atoms with Crippen molar-refractivity contribution >= 4 is 64.1 Å². The zero-order valence-electron chi connectivity index (χ0n) is 27.1. The smallest absolute Gasteiger partial charge is 0.338 e. The van der Waals surface area contributed by atoms with Crippen LogP contribution in [0.5, 0.6) is 11.5 Å². The quantitative estimate of drug-likeness (QED) is 0.164. The molecule has 0 spiro atoms. The lowest BCUT2D eigenvalue weighted by molar-refractivity contribution is -0.122. The second kappa shape index (κ2) is 14.6. The predicted octanol–water partition coefficient (Wildman–Crippen LogP) is 4.61. The Kier molecular flexibility index (Phi) is 10.1. The monoisotopic (exact) mass is 717 g/mol. The molecule has 6 rings (SSSR count). The Bertz CT molecular complexity index is 2020. The van der Waals surface area contributed by atoms with E-state index in [1.807, 2.05) is 0 Å². The molecule has 3 amide bonds. The van der Waals surface area contributed by atoms with Crippen LogP contribution in [0.4, 0.5) is 11.4 Å². The maximum atomic E-state index is 14.1. The van der Waals surface area contributed by atoms with E-state index in [0.717, 1.165) is 28.0 Å². The van der Waals surface area contributed by atoms with Crippen molar-refractivity contribution in [2.75, 3.05) is 37.1 Å². The van der Waals surface area contributed by atoms with Gasteiger partial charge in [0.1, 0.15) is 5.25 Å². The normalized spacial score (nSPS) is 17.8. The highest BCUT2D eigenvalue weighted by Gasteiger charge is 2.56. The summed E-state index contributed by atoms with van der Waals surface area (Å²) in [6, 6.07) is 17.3. The number of ether oxygens (including phenoxy) is 4. The fourth-order valence-corrected chi connectivity index (χ4v) is 8.35. The molecule has 1 fully saturated rings. The van der Waals surface area contributed by atoms with E-state index in [9.17, 15) is 28.8 Å². The van der Waals surface area contributed by atoms with Crippen molar-refractivity contribution in [3.63, 3.8) is 0 Å². The number of methoxy groups -OCH3 is 1. The summed E-state index contributed by atoms with van der Waals surface area (Å²) in [5.41, 5.74) is 2.02. The van der Waals surface area contributed by atoms with Crippen LogP contribution in [0, 0.1) is 5.92 Å². The number of thiazole rings is 1. The first-order valence-electron chi connectivity index (χ1n) is 15.6. The molecule has 0 saturated carbocycles. The van der Waals surface area contributed by atoms with E-state index >= 15 is 0 Å². The summed E-state index contributed by atoms with van der Waals surface area (Å²) >= 11 is 2.12. The first kappa shape index (κ1) is 34.5. The minimum Gasteiger partial charge on any atom is -0.493 e. The van der Waals surface area contributed by atoms with Gasteiger partial charge in [-0.15, -0.1) is 0 Å². The molecule has 2 N–H and O–H groups in total. The highest BCUT2D eigenvalue weighted by Crippen LogP contribution is 2.53. The summed E-state index contributed by atoms with van der Waals surface area (Å²) in [6.07, 6.45) is 0. The molecule has 50 heavy (non-hydrogen) atoms. The van der Waals surface area contributed by atoms with Crippen molar-refractivity contribution < 1.29 is 42.9 Å². The predicted molar refractivity (Wildman–Crippen MR) is 184 cm³/mol. The Balaban J connectivity index is 1.22. The molecule has 3 aromatic carbocycles. The first-order chi connectivity index (χ1) is 24.1. The molecular formula is C35H31N3O10S2. The van der Waals surface area contributed by atoms with E-state index in [2.05, 4.69) is 10.3 Å². The molecule has 3 atom stereocenters. The van der Waals surface area contributed by atoms with Crippen LogP contribution >= 0.6 is 23.1 Å². The highest BCUT2D eigenvalue weighted by atomic mass is 32.2. The summed E-state index contributed by atoms with van der Waals surface area (Å²) in [7, 11) is 1.43. The number of aromatic amines is 1. The summed E-state index contributed by atoms with van der Waals surface area (Å²) in [4.78, 5) is 81.3. The summed E-state index contributed by atoms with van der Waals surface area (Å²) in [5.74, 6) is -3.32. The van der Waals surface area contributed by atoms with Crippen LogP contribution in [0.1, 0.15) is 50.9 Å². The van der Waals surface area contributed by atoms with Crippen molar-refractivity contribution in [1.29, 1.82) is 0 Å². The van der Waals surface area contributed by atoms with Gasteiger partial charge in [0.05, 0.1) is 48.1 Å².